The molecule has 0 radical (unpaired) electrons. The van der Waals surface area contributed by atoms with E-state index >= 15 is 0 Å². The summed E-state index contributed by atoms with van der Waals surface area (Å²) in [5.41, 5.74) is 1.44. The fraction of sp³-hybridized carbons (Fsp3) is 0.154. The van der Waals surface area contributed by atoms with Crippen molar-refractivity contribution in [2.24, 2.45) is 0 Å². The lowest BCUT2D eigenvalue weighted by atomic mass is 9.89. The Morgan fingerprint density at radius 3 is 1.97 bits per heavy atom. The van der Waals surface area contributed by atoms with Crippen molar-refractivity contribution in [2.75, 3.05) is 21.3 Å². The highest BCUT2D eigenvalue weighted by Gasteiger charge is 2.26. The lowest BCUT2D eigenvalue weighted by Gasteiger charge is -2.16. The van der Waals surface area contributed by atoms with Crippen LogP contribution in [0.25, 0.3) is 5.57 Å². The number of rotatable bonds is 9. The molecular weight excluding hydrogens is 408 g/mol. The average molecular weight is 432 g/mol. The summed E-state index contributed by atoms with van der Waals surface area (Å²) in [6.45, 7) is 0. The van der Waals surface area contributed by atoms with Gasteiger partial charge in [-0.25, -0.2) is 4.79 Å². The second kappa shape index (κ2) is 10.3. The van der Waals surface area contributed by atoms with Crippen LogP contribution >= 0.6 is 0 Å². The molecule has 164 valence electrons. The Balaban J connectivity index is 2.26. The number of allylic oxidation sites excluding steroid dienone is 1. The zero-order valence-corrected chi connectivity index (χ0v) is 18.1. The maximum Gasteiger partial charge on any atom is 0.336 e. The molecule has 0 aliphatic heterocycles. The number of Topliss-reactive ketones (excluding diaryl/α,β-unsaturated/α-hetero) is 1. The van der Waals surface area contributed by atoms with Gasteiger partial charge >= 0.3 is 5.97 Å². The number of carbonyl (C=O) groups is 2. The van der Waals surface area contributed by atoms with Gasteiger partial charge in [-0.1, -0.05) is 30.3 Å². The van der Waals surface area contributed by atoms with E-state index in [1.54, 1.807) is 42.5 Å². The van der Waals surface area contributed by atoms with Gasteiger partial charge in [0.25, 0.3) is 0 Å². The minimum Gasteiger partial charge on any atom is -0.497 e. The lowest BCUT2D eigenvalue weighted by Crippen LogP contribution is -2.14. The summed E-state index contributed by atoms with van der Waals surface area (Å²) in [5, 5.41) is 10.2. The van der Waals surface area contributed by atoms with Crippen LogP contribution in [0.1, 0.15) is 21.5 Å². The van der Waals surface area contributed by atoms with Gasteiger partial charge in [-0.05, 0) is 48.0 Å². The molecule has 0 heterocycles. The van der Waals surface area contributed by atoms with Crippen molar-refractivity contribution >= 4 is 17.3 Å². The van der Waals surface area contributed by atoms with Gasteiger partial charge in [0, 0.05) is 23.1 Å². The molecule has 3 rings (SSSR count). The third-order valence-corrected chi connectivity index (χ3v) is 5.04. The number of hydrogen-bond acceptors (Lipinski definition) is 5. The van der Waals surface area contributed by atoms with Gasteiger partial charge in [0.2, 0.25) is 0 Å². The van der Waals surface area contributed by atoms with Gasteiger partial charge in [0.1, 0.15) is 17.2 Å². The molecule has 0 atom stereocenters. The van der Waals surface area contributed by atoms with Crippen molar-refractivity contribution in [3.63, 3.8) is 0 Å². The van der Waals surface area contributed by atoms with Crippen LogP contribution in [0.4, 0.5) is 0 Å². The smallest absolute Gasteiger partial charge is 0.336 e. The average Bonchev–Trinajstić information content (AvgIpc) is 2.83. The number of carboxylic acid groups (broad SMARTS) is 1. The first-order chi connectivity index (χ1) is 15.5. The molecule has 0 saturated heterocycles. The number of benzene rings is 3. The van der Waals surface area contributed by atoms with Crippen molar-refractivity contribution < 1.29 is 28.9 Å². The Kier molecular flexibility index (Phi) is 7.29. The molecule has 1 N–H and O–H groups in total. The van der Waals surface area contributed by atoms with E-state index in [4.69, 9.17) is 14.2 Å². The SMILES string of the molecule is COc1ccc(C(=O)/C(Cc2ccccc2)=C(\C(=O)O)c2cc(OC)ccc2OC)cc1. The second-order valence-corrected chi connectivity index (χ2v) is 6.94. The Morgan fingerprint density at radius 1 is 0.781 bits per heavy atom. The molecule has 0 spiro atoms. The van der Waals surface area contributed by atoms with Crippen LogP contribution in [0, 0.1) is 0 Å². The Hall–Kier alpha value is -4.06. The highest BCUT2D eigenvalue weighted by molar-refractivity contribution is 6.27. The van der Waals surface area contributed by atoms with Crippen molar-refractivity contribution in [1.29, 1.82) is 0 Å². The Labute approximate surface area is 186 Å². The highest BCUT2D eigenvalue weighted by Crippen LogP contribution is 2.34. The van der Waals surface area contributed by atoms with Crippen LogP contribution in [0.5, 0.6) is 17.2 Å². The van der Waals surface area contributed by atoms with Gasteiger partial charge in [-0.2, -0.15) is 0 Å². The van der Waals surface area contributed by atoms with E-state index in [0.29, 0.717) is 22.8 Å². The number of aliphatic carboxylic acids is 1. The molecule has 6 nitrogen and oxygen atoms in total. The monoisotopic (exact) mass is 432 g/mol. The summed E-state index contributed by atoms with van der Waals surface area (Å²) in [4.78, 5) is 26.1. The lowest BCUT2D eigenvalue weighted by molar-refractivity contribution is -0.130. The third-order valence-electron chi connectivity index (χ3n) is 5.04. The number of ketones is 1. The molecule has 6 heteroatoms. The topological polar surface area (TPSA) is 82.1 Å². The normalized spacial score (nSPS) is 11.3. The number of hydrogen-bond donors (Lipinski definition) is 1. The van der Waals surface area contributed by atoms with Crippen LogP contribution in [-0.2, 0) is 11.2 Å². The standard InChI is InChI=1S/C26H24O6/c1-30-19-11-9-18(10-12-19)25(27)22(15-17-7-5-4-6-8-17)24(26(28)29)21-16-20(31-2)13-14-23(21)32-3/h4-14,16H,15H2,1-3H3,(H,28,29)/b24-22-. The fourth-order valence-corrected chi connectivity index (χ4v) is 3.42. The number of carboxylic acids is 1. The summed E-state index contributed by atoms with van der Waals surface area (Å²) >= 11 is 0. The Morgan fingerprint density at radius 2 is 1.41 bits per heavy atom. The van der Waals surface area contributed by atoms with E-state index in [1.165, 1.54) is 21.3 Å². The third kappa shape index (κ3) is 4.98. The summed E-state index contributed by atoms with van der Waals surface area (Å²) in [7, 11) is 4.48. The van der Waals surface area contributed by atoms with Crippen molar-refractivity contribution in [3.05, 3.63) is 95.1 Å². The minimum absolute atomic E-state index is 0.133. The van der Waals surface area contributed by atoms with Crippen molar-refractivity contribution in [3.8, 4) is 17.2 Å². The first-order valence-electron chi connectivity index (χ1n) is 9.90. The predicted octanol–water partition coefficient (Wildman–Crippen LogP) is 4.68. The van der Waals surface area contributed by atoms with E-state index in [2.05, 4.69) is 0 Å². The quantitative estimate of drug-likeness (QED) is 0.391. The van der Waals surface area contributed by atoms with E-state index < -0.39 is 11.8 Å². The summed E-state index contributed by atoms with van der Waals surface area (Å²) in [5.74, 6) is -0.238. The van der Waals surface area contributed by atoms with Crippen molar-refractivity contribution in [1.82, 2.24) is 0 Å². The van der Waals surface area contributed by atoms with Crippen LogP contribution in [-0.4, -0.2) is 38.2 Å². The molecule has 0 aromatic heterocycles. The molecule has 3 aromatic carbocycles. The van der Waals surface area contributed by atoms with Crippen LogP contribution in [0.3, 0.4) is 0 Å². The second-order valence-electron chi connectivity index (χ2n) is 6.94. The van der Waals surface area contributed by atoms with Crippen molar-refractivity contribution in [2.45, 2.75) is 6.42 Å². The minimum atomic E-state index is -1.23. The van der Waals surface area contributed by atoms with E-state index in [9.17, 15) is 14.7 Å². The molecule has 0 bridgehead atoms. The van der Waals surface area contributed by atoms with E-state index in [-0.39, 0.29) is 23.1 Å². The van der Waals surface area contributed by atoms with Gasteiger partial charge in [-0.3, -0.25) is 4.79 Å². The largest absolute Gasteiger partial charge is 0.497 e. The van der Waals surface area contributed by atoms with Crippen LogP contribution < -0.4 is 14.2 Å². The zero-order valence-electron chi connectivity index (χ0n) is 18.1. The van der Waals surface area contributed by atoms with Gasteiger partial charge < -0.3 is 19.3 Å². The fourth-order valence-electron chi connectivity index (χ4n) is 3.42. The van der Waals surface area contributed by atoms with E-state index in [1.807, 2.05) is 30.3 Å². The van der Waals surface area contributed by atoms with Gasteiger partial charge in [0.15, 0.2) is 5.78 Å². The molecule has 32 heavy (non-hydrogen) atoms. The molecule has 0 aliphatic carbocycles. The van der Waals surface area contributed by atoms with Gasteiger partial charge in [-0.15, -0.1) is 0 Å². The number of methoxy groups -OCH3 is 3. The summed E-state index contributed by atoms with van der Waals surface area (Å²) in [6, 6.07) is 20.7. The molecule has 0 aliphatic rings. The van der Waals surface area contributed by atoms with Gasteiger partial charge in [0.05, 0.1) is 26.9 Å². The Bertz CT molecular complexity index is 1130. The molecular formula is C26H24O6. The molecule has 3 aromatic rings. The molecule has 0 unspecified atom stereocenters. The molecule has 0 amide bonds. The summed E-state index contributed by atoms with van der Waals surface area (Å²) < 4.78 is 15.9. The molecule has 0 saturated carbocycles. The number of carbonyl (C=O) groups excluding carboxylic acids is 1. The highest BCUT2D eigenvalue weighted by atomic mass is 16.5. The maximum absolute atomic E-state index is 13.6. The number of ether oxygens (including phenoxy) is 3. The maximum atomic E-state index is 13.6. The first-order valence-corrected chi connectivity index (χ1v) is 9.90. The van der Waals surface area contributed by atoms with Crippen LogP contribution in [0.15, 0.2) is 78.4 Å². The summed E-state index contributed by atoms with van der Waals surface area (Å²) in [6.07, 6.45) is 0.133. The van der Waals surface area contributed by atoms with E-state index in [0.717, 1.165) is 5.56 Å². The first kappa shape index (κ1) is 22.6. The predicted molar refractivity (Wildman–Crippen MR) is 122 cm³/mol. The zero-order chi connectivity index (χ0) is 23.1. The van der Waals surface area contributed by atoms with Crippen LogP contribution in [0.2, 0.25) is 0 Å². The molecule has 0 fully saturated rings.